The van der Waals surface area contributed by atoms with E-state index < -0.39 is 16.4 Å². The summed E-state index contributed by atoms with van der Waals surface area (Å²) in [5, 5.41) is 21.2. The van der Waals surface area contributed by atoms with E-state index in [1.54, 1.807) is 12.1 Å². The third kappa shape index (κ3) is 2.65. The topological polar surface area (TPSA) is 98.9 Å². The molecule has 7 nitrogen and oxygen atoms in total. The van der Waals surface area contributed by atoms with Crippen LogP contribution in [-0.2, 0) is 0 Å². The zero-order valence-electron chi connectivity index (χ0n) is 12.3. The molecule has 1 aliphatic heterocycles. The Hall–Kier alpha value is -3.06. The molecular formula is C16H10ClNO6. The molecule has 0 amide bonds. The second-order valence-corrected chi connectivity index (χ2v) is 5.36. The summed E-state index contributed by atoms with van der Waals surface area (Å²) < 4.78 is 10.4. The molecule has 122 valence electrons. The third-order valence-corrected chi connectivity index (χ3v) is 3.66. The molecule has 8 heteroatoms. The normalized spacial score (nSPS) is 14.4. The van der Waals surface area contributed by atoms with Crippen molar-refractivity contribution in [2.24, 2.45) is 0 Å². The third-order valence-electron chi connectivity index (χ3n) is 3.42. The minimum Gasteiger partial charge on any atom is -0.500 e. The molecule has 0 radical (unpaired) electrons. The number of methoxy groups -OCH3 is 1. The number of carbonyl (C=O) groups is 1. The van der Waals surface area contributed by atoms with Gasteiger partial charge in [0.05, 0.1) is 17.6 Å². The van der Waals surface area contributed by atoms with Crippen LogP contribution in [0.2, 0.25) is 5.02 Å². The Labute approximate surface area is 140 Å². The number of ketones is 1. The van der Waals surface area contributed by atoms with Gasteiger partial charge in [0, 0.05) is 11.1 Å². The molecule has 1 heterocycles. The van der Waals surface area contributed by atoms with E-state index >= 15 is 0 Å². The molecule has 0 atom stereocenters. The van der Waals surface area contributed by atoms with E-state index in [0.717, 1.165) is 6.07 Å². The van der Waals surface area contributed by atoms with Crippen LogP contribution in [0.5, 0.6) is 17.2 Å². The fourth-order valence-corrected chi connectivity index (χ4v) is 2.48. The number of nitrogens with zero attached hydrogens (tertiary/aromatic N) is 1. The van der Waals surface area contributed by atoms with Crippen LogP contribution in [0.3, 0.4) is 0 Å². The molecule has 0 spiro atoms. The smallest absolute Gasteiger partial charge is 0.315 e. The minimum atomic E-state index is -0.744. The first kappa shape index (κ1) is 15.8. The van der Waals surface area contributed by atoms with Crippen LogP contribution in [0.1, 0.15) is 15.9 Å². The van der Waals surface area contributed by atoms with Gasteiger partial charge in [-0.05, 0) is 35.9 Å². The number of ether oxygens (including phenoxy) is 2. The maximum Gasteiger partial charge on any atom is 0.315 e. The number of rotatable bonds is 3. The number of carbonyl (C=O) groups excluding carboxylic acids is 1. The Bertz CT molecular complexity index is 906. The molecule has 1 aliphatic rings. The van der Waals surface area contributed by atoms with Gasteiger partial charge in [-0.3, -0.25) is 14.9 Å². The van der Waals surface area contributed by atoms with Crippen molar-refractivity contribution in [1.82, 2.24) is 0 Å². The molecule has 2 aromatic rings. The van der Waals surface area contributed by atoms with Crippen LogP contribution < -0.4 is 9.47 Å². The highest BCUT2D eigenvalue weighted by molar-refractivity contribution is 6.31. The molecule has 0 bridgehead atoms. The summed E-state index contributed by atoms with van der Waals surface area (Å²) in [6, 6.07) is 7.13. The van der Waals surface area contributed by atoms with Gasteiger partial charge in [-0.1, -0.05) is 11.6 Å². The van der Waals surface area contributed by atoms with Gasteiger partial charge in [-0.25, -0.2) is 0 Å². The Morgan fingerprint density at radius 1 is 1.33 bits per heavy atom. The quantitative estimate of drug-likeness (QED) is 0.517. The highest BCUT2D eigenvalue weighted by Gasteiger charge is 2.28. The molecule has 1 N–H and O–H groups in total. The molecule has 24 heavy (non-hydrogen) atoms. The van der Waals surface area contributed by atoms with E-state index in [-0.39, 0.29) is 22.9 Å². The van der Waals surface area contributed by atoms with Gasteiger partial charge < -0.3 is 14.6 Å². The molecule has 0 saturated heterocycles. The number of phenolic OH excluding ortho intramolecular Hbond substituents is 1. The first-order valence-electron chi connectivity index (χ1n) is 6.70. The number of nitro benzene ring substituents is 1. The van der Waals surface area contributed by atoms with E-state index in [1.807, 2.05) is 0 Å². The first-order valence-corrected chi connectivity index (χ1v) is 7.07. The van der Waals surface area contributed by atoms with Gasteiger partial charge >= 0.3 is 5.69 Å². The Morgan fingerprint density at radius 2 is 2.08 bits per heavy atom. The molecule has 0 unspecified atom stereocenters. The number of hydrogen-bond acceptors (Lipinski definition) is 6. The molecule has 0 aromatic heterocycles. The second kappa shape index (κ2) is 5.86. The van der Waals surface area contributed by atoms with Gasteiger partial charge in [-0.2, -0.15) is 0 Å². The number of aromatic hydroxyl groups is 1. The summed E-state index contributed by atoms with van der Waals surface area (Å²) in [7, 11) is 1.27. The van der Waals surface area contributed by atoms with E-state index in [4.69, 9.17) is 21.1 Å². The first-order chi connectivity index (χ1) is 11.4. The van der Waals surface area contributed by atoms with E-state index in [2.05, 4.69) is 0 Å². The number of fused-ring (bicyclic) bond motifs is 1. The average molecular weight is 348 g/mol. The summed E-state index contributed by atoms with van der Waals surface area (Å²) in [4.78, 5) is 22.6. The van der Waals surface area contributed by atoms with Gasteiger partial charge in [0.2, 0.25) is 11.5 Å². The zero-order valence-corrected chi connectivity index (χ0v) is 13.0. The van der Waals surface area contributed by atoms with Crippen molar-refractivity contribution in [2.45, 2.75) is 0 Å². The maximum absolute atomic E-state index is 12.3. The molecular weight excluding hydrogens is 338 g/mol. The predicted octanol–water partition coefficient (Wildman–Crippen LogP) is 3.58. The van der Waals surface area contributed by atoms with Crippen LogP contribution in [0.25, 0.3) is 6.08 Å². The van der Waals surface area contributed by atoms with E-state index in [9.17, 15) is 20.0 Å². The number of hydrogen-bond donors (Lipinski definition) is 1. The van der Waals surface area contributed by atoms with Crippen molar-refractivity contribution in [3.05, 3.63) is 62.4 Å². The van der Waals surface area contributed by atoms with Crippen LogP contribution >= 0.6 is 11.6 Å². The lowest BCUT2D eigenvalue weighted by molar-refractivity contribution is -0.386. The van der Waals surface area contributed by atoms with Crippen molar-refractivity contribution < 1.29 is 24.3 Å². The number of allylic oxidation sites excluding steroid dienone is 1. The largest absolute Gasteiger partial charge is 0.500 e. The Morgan fingerprint density at radius 3 is 2.75 bits per heavy atom. The summed E-state index contributed by atoms with van der Waals surface area (Å²) in [6.45, 7) is 0. The highest BCUT2D eigenvalue weighted by Crippen LogP contribution is 2.39. The number of halogens is 1. The maximum atomic E-state index is 12.3. The zero-order chi connectivity index (χ0) is 17.4. The number of Topliss-reactive ketones (excluding diaryl/α,β-unsaturated/α-hetero) is 1. The predicted molar refractivity (Wildman–Crippen MR) is 85.7 cm³/mol. The SMILES string of the molecule is COc1cc(/C=C2\Oc3ccc(Cl)cc3C2=O)cc([N+](=O)[O-])c1O. The van der Waals surface area contributed by atoms with Crippen molar-refractivity contribution in [3.8, 4) is 17.2 Å². The van der Waals surface area contributed by atoms with Crippen molar-refractivity contribution in [2.75, 3.05) is 7.11 Å². The molecule has 2 aromatic carbocycles. The van der Waals surface area contributed by atoms with E-state index in [0.29, 0.717) is 16.3 Å². The average Bonchev–Trinajstić information content (AvgIpc) is 2.84. The molecule has 3 rings (SSSR count). The van der Waals surface area contributed by atoms with Crippen molar-refractivity contribution in [1.29, 1.82) is 0 Å². The summed E-state index contributed by atoms with van der Waals surface area (Å²) in [5.41, 5.74) is 0.0554. The lowest BCUT2D eigenvalue weighted by atomic mass is 10.1. The van der Waals surface area contributed by atoms with Gasteiger partial charge in [0.25, 0.3) is 0 Å². The lowest BCUT2D eigenvalue weighted by Gasteiger charge is -2.06. The van der Waals surface area contributed by atoms with Gasteiger partial charge in [0.1, 0.15) is 5.75 Å². The molecule has 0 aliphatic carbocycles. The van der Waals surface area contributed by atoms with Crippen molar-refractivity contribution >= 4 is 29.1 Å². The monoisotopic (exact) mass is 347 g/mol. The minimum absolute atomic E-state index is 0.00527. The summed E-state index contributed by atoms with van der Waals surface area (Å²) in [6.07, 6.45) is 1.34. The van der Waals surface area contributed by atoms with Crippen LogP contribution in [0.15, 0.2) is 36.1 Å². The Kier molecular flexibility index (Phi) is 3.86. The van der Waals surface area contributed by atoms with Gasteiger partial charge in [-0.15, -0.1) is 0 Å². The van der Waals surface area contributed by atoms with Gasteiger partial charge in [0.15, 0.2) is 11.5 Å². The standard InChI is InChI=1S/C16H10ClNO6/c1-23-13-5-8(4-11(16(13)20)18(21)22)6-14-15(19)10-7-9(17)2-3-12(10)24-14/h2-7,20H,1H3/b14-6-. The lowest BCUT2D eigenvalue weighted by Crippen LogP contribution is -1.99. The summed E-state index contributed by atoms with van der Waals surface area (Å²) in [5.74, 6) is -0.701. The van der Waals surface area contributed by atoms with Crippen LogP contribution in [0.4, 0.5) is 5.69 Å². The highest BCUT2D eigenvalue weighted by atomic mass is 35.5. The molecule has 0 saturated carbocycles. The van der Waals surface area contributed by atoms with Crippen LogP contribution in [-0.4, -0.2) is 22.9 Å². The fraction of sp³-hybridized carbons (Fsp3) is 0.0625. The van der Waals surface area contributed by atoms with Crippen molar-refractivity contribution in [3.63, 3.8) is 0 Å². The second-order valence-electron chi connectivity index (χ2n) is 4.93. The number of benzene rings is 2. The number of phenols is 1. The molecule has 0 fully saturated rings. The number of nitro groups is 1. The Balaban J connectivity index is 2.05. The summed E-state index contributed by atoms with van der Waals surface area (Å²) >= 11 is 5.86. The van der Waals surface area contributed by atoms with Crippen LogP contribution in [0, 0.1) is 10.1 Å². The fourth-order valence-electron chi connectivity index (χ4n) is 2.30. The van der Waals surface area contributed by atoms with E-state index in [1.165, 1.54) is 25.3 Å².